The van der Waals surface area contributed by atoms with Crippen LogP contribution >= 0.6 is 0 Å². The smallest absolute Gasteiger partial charge is 0.110 e. The van der Waals surface area contributed by atoms with Crippen molar-refractivity contribution in [3.63, 3.8) is 0 Å². The van der Waals surface area contributed by atoms with Crippen molar-refractivity contribution in [3.8, 4) is 5.69 Å². The first-order chi connectivity index (χ1) is 8.27. The molecule has 3 aromatic rings. The molecule has 0 atom stereocenters. The van der Waals surface area contributed by atoms with Crippen LogP contribution in [0.4, 0.5) is 5.69 Å². The number of hydrogen-bond donors (Lipinski definition) is 1. The van der Waals surface area contributed by atoms with Gasteiger partial charge in [-0.25, -0.2) is 4.98 Å². The number of benzene rings is 1. The maximum Gasteiger partial charge on any atom is 0.110 e. The Balaban J connectivity index is 2.32. The summed E-state index contributed by atoms with van der Waals surface area (Å²) in [5.74, 6) is 0.917. The molecule has 17 heavy (non-hydrogen) atoms. The predicted octanol–water partition coefficient (Wildman–Crippen LogP) is 2.31. The van der Waals surface area contributed by atoms with E-state index in [9.17, 15) is 0 Å². The number of anilines is 1. The third-order valence-electron chi connectivity index (χ3n) is 2.89. The molecule has 0 aliphatic rings. The Hall–Kier alpha value is -2.36. The topological polar surface area (TPSA) is 56.7 Å². The van der Waals surface area contributed by atoms with Crippen LogP contribution in [0.1, 0.15) is 5.82 Å². The fraction of sp³-hybridized carbons (Fsp3) is 0.0769. The Kier molecular flexibility index (Phi) is 2.08. The second kappa shape index (κ2) is 3.59. The van der Waals surface area contributed by atoms with Gasteiger partial charge in [-0.2, -0.15) is 0 Å². The van der Waals surface area contributed by atoms with Crippen LogP contribution in [0.2, 0.25) is 0 Å². The maximum absolute atomic E-state index is 6.19. The van der Waals surface area contributed by atoms with Crippen molar-refractivity contribution in [3.05, 3.63) is 48.7 Å². The lowest BCUT2D eigenvalue weighted by Crippen LogP contribution is -2.01. The van der Waals surface area contributed by atoms with E-state index >= 15 is 0 Å². The number of fused-ring (bicyclic) bond motifs is 1. The molecule has 4 heteroatoms. The molecule has 1 aromatic carbocycles. The summed E-state index contributed by atoms with van der Waals surface area (Å²) in [4.78, 5) is 8.49. The van der Waals surface area contributed by atoms with Gasteiger partial charge in [0, 0.05) is 24.0 Å². The van der Waals surface area contributed by atoms with E-state index in [0.29, 0.717) is 0 Å². The molecule has 2 N–H and O–H groups in total. The van der Waals surface area contributed by atoms with Crippen molar-refractivity contribution in [2.45, 2.75) is 6.92 Å². The lowest BCUT2D eigenvalue weighted by molar-refractivity contribution is 0.979. The third-order valence-corrected chi connectivity index (χ3v) is 2.89. The van der Waals surface area contributed by atoms with Crippen molar-refractivity contribution in [1.82, 2.24) is 14.5 Å². The van der Waals surface area contributed by atoms with Gasteiger partial charge in [-0.3, -0.25) is 4.98 Å². The van der Waals surface area contributed by atoms with E-state index in [1.165, 1.54) is 0 Å². The van der Waals surface area contributed by atoms with Gasteiger partial charge in [0.25, 0.3) is 0 Å². The molecule has 0 amide bonds. The highest BCUT2D eigenvalue weighted by Gasteiger charge is 2.08. The summed E-state index contributed by atoms with van der Waals surface area (Å²) >= 11 is 0. The van der Waals surface area contributed by atoms with Gasteiger partial charge in [0.15, 0.2) is 0 Å². The minimum absolute atomic E-state index is 0.733. The summed E-state index contributed by atoms with van der Waals surface area (Å²) in [6.45, 7) is 1.95. The van der Waals surface area contributed by atoms with E-state index in [1.54, 1.807) is 12.4 Å². The zero-order chi connectivity index (χ0) is 11.8. The van der Waals surface area contributed by atoms with Crippen LogP contribution in [-0.2, 0) is 0 Å². The average molecular weight is 224 g/mol. The second-order valence-corrected chi connectivity index (χ2v) is 3.91. The Labute approximate surface area is 98.7 Å². The number of hydrogen-bond acceptors (Lipinski definition) is 3. The highest BCUT2D eigenvalue weighted by molar-refractivity contribution is 5.94. The van der Waals surface area contributed by atoms with Crippen LogP contribution in [0.5, 0.6) is 0 Å². The molecule has 0 fully saturated rings. The Morgan fingerprint density at radius 1 is 1.12 bits per heavy atom. The number of nitrogen functional groups attached to an aromatic ring is 1. The maximum atomic E-state index is 6.19. The van der Waals surface area contributed by atoms with Crippen LogP contribution in [0.3, 0.4) is 0 Å². The molecule has 2 aromatic heterocycles. The van der Waals surface area contributed by atoms with E-state index in [0.717, 1.165) is 28.1 Å². The van der Waals surface area contributed by atoms with Crippen molar-refractivity contribution in [2.75, 3.05) is 5.73 Å². The van der Waals surface area contributed by atoms with Crippen LogP contribution in [0.25, 0.3) is 16.6 Å². The molecule has 3 rings (SSSR count). The molecular formula is C13H12N4. The van der Waals surface area contributed by atoms with Gasteiger partial charge in [0.05, 0.1) is 16.9 Å². The number of rotatable bonds is 1. The number of aromatic nitrogens is 3. The number of nitrogens with two attached hydrogens (primary N) is 1. The molecule has 0 bridgehead atoms. The molecule has 0 radical (unpaired) electrons. The summed E-state index contributed by atoms with van der Waals surface area (Å²) in [6.07, 6.45) is 5.44. The highest BCUT2D eigenvalue weighted by atomic mass is 15.1. The largest absolute Gasteiger partial charge is 0.396 e. The first-order valence-electron chi connectivity index (χ1n) is 5.41. The van der Waals surface area contributed by atoms with Gasteiger partial charge in [-0.1, -0.05) is 0 Å². The number of imidazole rings is 1. The summed E-state index contributed by atoms with van der Waals surface area (Å²) in [6, 6.07) is 7.82. The van der Waals surface area contributed by atoms with Crippen LogP contribution in [0.15, 0.2) is 42.9 Å². The zero-order valence-corrected chi connectivity index (χ0v) is 9.46. The Morgan fingerprint density at radius 2 is 2.00 bits per heavy atom. The molecule has 0 saturated carbocycles. The average Bonchev–Trinajstić information content (AvgIpc) is 2.76. The van der Waals surface area contributed by atoms with Crippen molar-refractivity contribution >= 4 is 16.6 Å². The Bertz CT molecular complexity index is 685. The molecule has 0 spiro atoms. The molecule has 0 aliphatic heterocycles. The van der Waals surface area contributed by atoms with Gasteiger partial charge < -0.3 is 10.3 Å². The zero-order valence-electron chi connectivity index (χ0n) is 9.46. The van der Waals surface area contributed by atoms with Crippen molar-refractivity contribution in [2.24, 2.45) is 0 Å². The summed E-state index contributed by atoms with van der Waals surface area (Å²) in [5.41, 5.74) is 8.78. The molecule has 2 heterocycles. The molecular weight excluding hydrogens is 212 g/mol. The van der Waals surface area contributed by atoms with E-state index in [-0.39, 0.29) is 0 Å². The Morgan fingerprint density at radius 3 is 2.76 bits per heavy atom. The number of nitrogens with zero attached hydrogens (tertiary/aromatic N) is 3. The lowest BCUT2D eigenvalue weighted by atomic mass is 10.1. The SMILES string of the molecule is Cc1nccn1-c1ccc2ncccc2c1N. The van der Waals surface area contributed by atoms with Crippen LogP contribution in [-0.4, -0.2) is 14.5 Å². The minimum atomic E-state index is 0.733. The summed E-state index contributed by atoms with van der Waals surface area (Å²) in [7, 11) is 0. The van der Waals surface area contributed by atoms with E-state index in [4.69, 9.17) is 5.73 Å². The third kappa shape index (κ3) is 1.45. The van der Waals surface area contributed by atoms with Gasteiger partial charge in [0.1, 0.15) is 5.82 Å². The van der Waals surface area contributed by atoms with E-state index in [1.807, 2.05) is 42.0 Å². The quantitative estimate of drug-likeness (QED) is 0.645. The number of pyridine rings is 1. The lowest BCUT2D eigenvalue weighted by Gasteiger charge is -2.10. The van der Waals surface area contributed by atoms with Gasteiger partial charge in [-0.15, -0.1) is 0 Å². The second-order valence-electron chi connectivity index (χ2n) is 3.91. The predicted molar refractivity (Wildman–Crippen MR) is 68.0 cm³/mol. The molecule has 0 aliphatic carbocycles. The van der Waals surface area contributed by atoms with Crippen molar-refractivity contribution in [1.29, 1.82) is 0 Å². The first kappa shape index (κ1) is 9.84. The van der Waals surface area contributed by atoms with Crippen LogP contribution in [0, 0.1) is 6.92 Å². The van der Waals surface area contributed by atoms with E-state index in [2.05, 4.69) is 9.97 Å². The van der Waals surface area contributed by atoms with Gasteiger partial charge in [0.2, 0.25) is 0 Å². The van der Waals surface area contributed by atoms with E-state index < -0.39 is 0 Å². The fourth-order valence-corrected chi connectivity index (χ4v) is 2.01. The molecule has 0 unspecified atom stereocenters. The highest BCUT2D eigenvalue weighted by Crippen LogP contribution is 2.26. The standard InChI is InChI=1S/C13H12N4/c1-9-15-7-8-17(9)12-5-4-11-10(13(12)14)3-2-6-16-11/h2-8H,14H2,1H3. The molecule has 4 nitrogen and oxygen atoms in total. The summed E-state index contributed by atoms with van der Waals surface area (Å²) < 4.78 is 1.97. The minimum Gasteiger partial charge on any atom is -0.396 e. The van der Waals surface area contributed by atoms with Gasteiger partial charge >= 0.3 is 0 Å². The number of aryl methyl sites for hydroxylation is 1. The fourth-order valence-electron chi connectivity index (χ4n) is 2.01. The van der Waals surface area contributed by atoms with Crippen LogP contribution < -0.4 is 5.73 Å². The normalized spacial score (nSPS) is 10.9. The monoisotopic (exact) mass is 224 g/mol. The first-order valence-corrected chi connectivity index (χ1v) is 5.41. The molecule has 84 valence electrons. The molecule has 0 saturated heterocycles. The van der Waals surface area contributed by atoms with Crippen molar-refractivity contribution < 1.29 is 0 Å². The van der Waals surface area contributed by atoms with Gasteiger partial charge in [-0.05, 0) is 31.2 Å². The summed E-state index contributed by atoms with van der Waals surface area (Å²) in [5, 5.41) is 0.970.